The molecule has 0 saturated heterocycles. The van der Waals surface area contributed by atoms with Gasteiger partial charge in [-0.25, -0.2) is 0 Å². The Morgan fingerprint density at radius 3 is 2.89 bits per heavy atom. The molecule has 0 atom stereocenters. The van der Waals surface area contributed by atoms with Crippen molar-refractivity contribution < 1.29 is 4.79 Å². The number of aromatic nitrogens is 2. The molecule has 1 aliphatic rings. The van der Waals surface area contributed by atoms with Crippen LogP contribution >= 0.6 is 0 Å². The maximum atomic E-state index is 12.4. The van der Waals surface area contributed by atoms with Crippen molar-refractivity contribution >= 4 is 11.7 Å². The number of benzene rings is 1. The fourth-order valence-corrected chi connectivity index (χ4v) is 2.75. The van der Waals surface area contributed by atoms with E-state index < -0.39 is 0 Å². The van der Waals surface area contributed by atoms with Crippen LogP contribution in [0.5, 0.6) is 0 Å². The maximum absolute atomic E-state index is 12.4. The molecule has 2 heterocycles. The summed E-state index contributed by atoms with van der Waals surface area (Å²) in [5, 5.41) is 7.41. The summed E-state index contributed by atoms with van der Waals surface area (Å²) >= 11 is 0. The van der Waals surface area contributed by atoms with Crippen molar-refractivity contribution in [1.82, 2.24) is 9.78 Å². The number of rotatable bonds is 0. The predicted molar refractivity (Wildman–Crippen MR) is 74.4 cm³/mol. The van der Waals surface area contributed by atoms with Crippen LogP contribution in [0.1, 0.15) is 33.6 Å². The van der Waals surface area contributed by atoms with Gasteiger partial charge in [0.2, 0.25) is 0 Å². The van der Waals surface area contributed by atoms with Crippen molar-refractivity contribution in [2.24, 2.45) is 7.05 Å². The Kier molecular flexibility index (Phi) is 2.85. The van der Waals surface area contributed by atoms with Gasteiger partial charge in [-0.15, -0.1) is 0 Å². The molecule has 0 bridgehead atoms. The van der Waals surface area contributed by atoms with E-state index in [0.717, 1.165) is 47.5 Å². The number of nitrogens with zero attached hydrogens (tertiary/aromatic N) is 2. The van der Waals surface area contributed by atoms with Crippen LogP contribution in [0.4, 0.5) is 5.82 Å². The number of aryl methyl sites for hydroxylation is 3. The lowest BCUT2D eigenvalue weighted by molar-refractivity contribution is 0.102. The van der Waals surface area contributed by atoms with E-state index in [0.29, 0.717) is 0 Å². The highest BCUT2D eigenvalue weighted by Crippen LogP contribution is 2.25. The molecular weight excluding hydrogens is 238 g/mol. The van der Waals surface area contributed by atoms with E-state index in [1.54, 1.807) is 4.68 Å². The molecule has 1 aliphatic heterocycles. The van der Waals surface area contributed by atoms with Crippen LogP contribution in [0.3, 0.4) is 0 Å². The molecule has 1 amide bonds. The summed E-state index contributed by atoms with van der Waals surface area (Å²) in [5.41, 5.74) is 4.06. The van der Waals surface area contributed by atoms with Crippen molar-refractivity contribution in [3.63, 3.8) is 0 Å². The minimum Gasteiger partial charge on any atom is -0.307 e. The van der Waals surface area contributed by atoms with Gasteiger partial charge in [-0.05, 0) is 37.8 Å². The van der Waals surface area contributed by atoms with Crippen LogP contribution < -0.4 is 5.32 Å². The van der Waals surface area contributed by atoms with E-state index in [1.807, 2.05) is 38.2 Å². The van der Waals surface area contributed by atoms with Gasteiger partial charge in [-0.1, -0.05) is 18.2 Å². The smallest absolute Gasteiger partial charge is 0.257 e. The van der Waals surface area contributed by atoms with Gasteiger partial charge >= 0.3 is 0 Å². The van der Waals surface area contributed by atoms with Gasteiger partial charge in [0.25, 0.3) is 5.91 Å². The van der Waals surface area contributed by atoms with Gasteiger partial charge in [-0.3, -0.25) is 9.48 Å². The standard InChI is InChI=1S/C15H17N3O/c1-10-12-9-5-7-11-6-3-4-8-13(11)15(19)16-14(12)18(2)17-10/h3-4,6,8H,5,7,9H2,1-2H3,(H,16,19). The van der Waals surface area contributed by atoms with Crippen LogP contribution in [-0.2, 0) is 19.9 Å². The summed E-state index contributed by atoms with van der Waals surface area (Å²) in [6.45, 7) is 2.00. The van der Waals surface area contributed by atoms with E-state index in [1.165, 1.54) is 0 Å². The van der Waals surface area contributed by atoms with Gasteiger partial charge in [0.15, 0.2) is 0 Å². The predicted octanol–water partition coefficient (Wildman–Crippen LogP) is 2.47. The summed E-state index contributed by atoms with van der Waals surface area (Å²) in [7, 11) is 1.87. The van der Waals surface area contributed by atoms with E-state index in [2.05, 4.69) is 10.4 Å². The molecule has 4 heteroatoms. The van der Waals surface area contributed by atoms with E-state index in [4.69, 9.17) is 0 Å². The third-order valence-electron chi connectivity index (χ3n) is 3.71. The zero-order chi connectivity index (χ0) is 13.4. The lowest BCUT2D eigenvalue weighted by Gasteiger charge is -2.08. The summed E-state index contributed by atoms with van der Waals surface area (Å²) in [6, 6.07) is 7.82. The summed E-state index contributed by atoms with van der Waals surface area (Å²) in [4.78, 5) is 12.4. The number of amides is 1. The first-order valence-corrected chi connectivity index (χ1v) is 6.58. The second kappa shape index (κ2) is 4.53. The van der Waals surface area contributed by atoms with E-state index in [-0.39, 0.29) is 5.91 Å². The molecule has 98 valence electrons. The zero-order valence-corrected chi connectivity index (χ0v) is 11.2. The fraction of sp³-hybridized carbons (Fsp3) is 0.333. The third kappa shape index (κ3) is 2.03. The van der Waals surface area contributed by atoms with Crippen molar-refractivity contribution in [3.05, 3.63) is 46.6 Å². The molecule has 1 aromatic carbocycles. The van der Waals surface area contributed by atoms with Gasteiger partial charge in [0, 0.05) is 18.2 Å². The number of hydrogen-bond donors (Lipinski definition) is 1. The maximum Gasteiger partial charge on any atom is 0.257 e. The number of fused-ring (bicyclic) bond motifs is 2. The second-order valence-electron chi connectivity index (χ2n) is 5.00. The van der Waals surface area contributed by atoms with E-state index >= 15 is 0 Å². The molecule has 0 saturated carbocycles. The Hall–Kier alpha value is -2.10. The number of carbonyl (C=O) groups is 1. The van der Waals surface area contributed by atoms with Crippen molar-refractivity contribution in [3.8, 4) is 0 Å². The monoisotopic (exact) mass is 255 g/mol. The zero-order valence-electron chi connectivity index (χ0n) is 11.2. The molecule has 3 rings (SSSR count). The van der Waals surface area contributed by atoms with Gasteiger partial charge in [-0.2, -0.15) is 5.10 Å². The van der Waals surface area contributed by atoms with Gasteiger partial charge in [0.05, 0.1) is 5.69 Å². The van der Waals surface area contributed by atoms with E-state index in [9.17, 15) is 4.79 Å². The average Bonchev–Trinajstić information content (AvgIpc) is 2.69. The van der Waals surface area contributed by atoms with Gasteiger partial charge in [0.1, 0.15) is 5.82 Å². The molecule has 1 N–H and O–H groups in total. The summed E-state index contributed by atoms with van der Waals surface area (Å²) in [6.07, 6.45) is 2.91. The van der Waals surface area contributed by atoms with Gasteiger partial charge < -0.3 is 5.32 Å². The van der Waals surface area contributed by atoms with Crippen molar-refractivity contribution in [2.45, 2.75) is 26.2 Å². The number of anilines is 1. The molecule has 0 aliphatic carbocycles. The molecule has 0 fully saturated rings. The normalized spacial score (nSPS) is 14.7. The highest BCUT2D eigenvalue weighted by Gasteiger charge is 2.20. The quantitative estimate of drug-likeness (QED) is 0.786. The van der Waals surface area contributed by atoms with Crippen molar-refractivity contribution in [2.75, 3.05) is 5.32 Å². The SMILES string of the molecule is Cc1nn(C)c2c1CCCc1ccccc1C(=O)N2. The van der Waals surface area contributed by atoms with Crippen LogP contribution in [-0.4, -0.2) is 15.7 Å². The molecule has 0 spiro atoms. The molecule has 0 unspecified atom stereocenters. The molecule has 1 aromatic heterocycles. The first-order valence-electron chi connectivity index (χ1n) is 6.58. The van der Waals surface area contributed by atoms with Crippen LogP contribution in [0.2, 0.25) is 0 Å². The Morgan fingerprint density at radius 1 is 1.26 bits per heavy atom. The third-order valence-corrected chi connectivity index (χ3v) is 3.71. The lowest BCUT2D eigenvalue weighted by atomic mass is 10.0. The van der Waals surface area contributed by atoms with Crippen LogP contribution in [0, 0.1) is 6.92 Å². The largest absolute Gasteiger partial charge is 0.307 e. The Bertz CT molecular complexity index is 643. The first-order chi connectivity index (χ1) is 9.16. The Balaban J connectivity index is 2.08. The molecule has 2 aromatic rings. The first kappa shape index (κ1) is 12.0. The highest BCUT2D eigenvalue weighted by molar-refractivity contribution is 6.05. The number of carbonyl (C=O) groups excluding carboxylic acids is 1. The van der Waals surface area contributed by atoms with Crippen LogP contribution in [0.25, 0.3) is 0 Å². The van der Waals surface area contributed by atoms with Crippen LogP contribution in [0.15, 0.2) is 24.3 Å². The highest BCUT2D eigenvalue weighted by atomic mass is 16.1. The number of hydrogen-bond acceptors (Lipinski definition) is 2. The Morgan fingerprint density at radius 2 is 2.05 bits per heavy atom. The molecule has 0 radical (unpaired) electrons. The minimum absolute atomic E-state index is 0.0400. The minimum atomic E-state index is -0.0400. The molecule has 4 nitrogen and oxygen atoms in total. The summed E-state index contributed by atoms with van der Waals surface area (Å²) < 4.78 is 1.76. The Labute approximate surface area is 112 Å². The average molecular weight is 255 g/mol. The van der Waals surface area contributed by atoms with Crippen molar-refractivity contribution in [1.29, 1.82) is 0 Å². The second-order valence-corrected chi connectivity index (χ2v) is 5.00. The molecule has 19 heavy (non-hydrogen) atoms. The summed E-state index contributed by atoms with van der Waals surface area (Å²) in [5.74, 6) is 0.793. The topological polar surface area (TPSA) is 46.9 Å². The number of nitrogens with one attached hydrogen (secondary N) is 1. The molecular formula is C15H17N3O. The fourth-order valence-electron chi connectivity index (χ4n) is 2.75. The lowest BCUT2D eigenvalue weighted by Crippen LogP contribution is -2.16.